The van der Waals surface area contributed by atoms with E-state index in [0.29, 0.717) is 26.1 Å². The Balaban J connectivity index is 1.72. The SMILES string of the molecule is Cc1ccc(Nc2cc(C)nc(C3CN(CCC(N)=O)CCO3)c2)cc1. The molecule has 0 spiro atoms. The molecule has 6 nitrogen and oxygen atoms in total. The van der Waals surface area contributed by atoms with Crippen LogP contribution in [0.1, 0.15) is 29.5 Å². The number of hydrogen-bond acceptors (Lipinski definition) is 5. The quantitative estimate of drug-likeness (QED) is 0.834. The molecule has 0 aliphatic carbocycles. The molecule has 138 valence electrons. The van der Waals surface area contributed by atoms with Gasteiger partial charge in [0.25, 0.3) is 0 Å². The maximum Gasteiger partial charge on any atom is 0.218 e. The fraction of sp³-hybridized carbons (Fsp3) is 0.400. The first-order chi connectivity index (χ1) is 12.5. The summed E-state index contributed by atoms with van der Waals surface area (Å²) >= 11 is 0. The molecule has 1 aliphatic heterocycles. The zero-order chi connectivity index (χ0) is 18.5. The van der Waals surface area contributed by atoms with Crippen molar-refractivity contribution in [2.75, 3.05) is 31.6 Å². The average molecular weight is 354 g/mol. The highest BCUT2D eigenvalue weighted by atomic mass is 16.5. The van der Waals surface area contributed by atoms with E-state index in [1.165, 1.54) is 5.56 Å². The van der Waals surface area contributed by atoms with Gasteiger partial charge in [-0.25, -0.2) is 0 Å². The number of ether oxygens (including phenoxy) is 1. The molecule has 1 aromatic heterocycles. The molecule has 1 fully saturated rings. The lowest BCUT2D eigenvalue weighted by molar-refractivity contribution is -0.118. The van der Waals surface area contributed by atoms with Crippen LogP contribution < -0.4 is 11.1 Å². The summed E-state index contributed by atoms with van der Waals surface area (Å²) in [4.78, 5) is 17.9. The topological polar surface area (TPSA) is 80.5 Å². The number of hydrogen-bond donors (Lipinski definition) is 2. The van der Waals surface area contributed by atoms with E-state index in [-0.39, 0.29) is 12.0 Å². The normalized spacial score (nSPS) is 17.8. The minimum atomic E-state index is -0.272. The molecule has 0 saturated carbocycles. The second-order valence-electron chi connectivity index (χ2n) is 6.79. The fourth-order valence-corrected chi connectivity index (χ4v) is 3.09. The molecule has 6 heteroatoms. The lowest BCUT2D eigenvalue weighted by Gasteiger charge is -2.32. The number of nitrogens with zero attached hydrogens (tertiary/aromatic N) is 2. The highest BCUT2D eigenvalue weighted by Crippen LogP contribution is 2.25. The maximum atomic E-state index is 11.0. The van der Waals surface area contributed by atoms with E-state index in [0.717, 1.165) is 29.3 Å². The zero-order valence-corrected chi connectivity index (χ0v) is 15.4. The predicted molar refractivity (Wildman–Crippen MR) is 102 cm³/mol. The third-order valence-corrected chi connectivity index (χ3v) is 4.47. The van der Waals surface area contributed by atoms with Crippen LogP contribution in [0.25, 0.3) is 0 Å². The van der Waals surface area contributed by atoms with Gasteiger partial charge in [-0.15, -0.1) is 0 Å². The van der Waals surface area contributed by atoms with Crippen LogP contribution in [0.5, 0.6) is 0 Å². The number of carbonyl (C=O) groups is 1. The van der Waals surface area contributed by atoms with Gasteiger partial charge in [-0.3, -0.25) is 14.7 Å². The number of anilines is 2. The number of aromatic nitrogens is 1. The molecule has 2 heterocycles. The van der Waals surface area contributed by atoms with Crippen molar-refractivity contribution in [2.24, 2.45) is 5.73 Å². The summed E-state index contributed by atoms with van der Waals surface area (Å²) in [5.41, 5.74) is 10.4. The van der Waals surface area contributed by atoms with Crippen molar-refractivity contribution in [2.45, 2.75) is 26.4 Å². The van der Waals surface area contributed by atoms with Crippen LogP contribution in [-0.2, 0) is 9.53 Å². The maximum absolute atomic E-state index is 11.0. The molecule has 1 atom stereocenters. The van der Waals surface area contributed by atoms with Gasteiger partial charge < -0.3 is 15.8 Å². The standard InChI is InChI=1S/C20H26N4O2/c1-14-3-5-16(6-4-14)23-17-11-15(2)22-18(12-17)19-13-24(9-10-26-19)8-7-20(21)25/h3-6,11-12,19H,7-10,13H2,1-2H3,(H2,21,25)(H,22,23). The van der Waals surface area contributed by atoms with Gasteiger partial charge in [0.15, 0.2) is 0 Å². The highest BCUT2D eigenvalue weighted by molar-refractivity contribution is 5.73. The number of aryl methyl sites for hydroxylation is 2. The van der Waals surface area contributed by atoms with E-state index in [4.69, 9.17) is 10.5 Å². The molecule has 1 amide bonds. The summed E-state index contributed by atoms with van der Waals surface area (Å²) in [6.07, 6.45) is 0.267. The second-order valence-corrected chi connectivity index (χ2v) is 6.79. The van der Waals surface area contributed by atoms with Crippen LogP contribution in [0, 0.1) is 13.8 Å². The number of morpholine rings is 1. The third kappa shape index (κ3) is 5.03. The summed E-state index contributed by atoms with van der Waals surface area (Å²) < 4.78 is 5.93. The number of benzene rings is 1. The van der Waals surface area contributed by atoms with E-state index in [1.807, 2.05) is 19.1 Å². The lowest BCUT2D eigenvalue weighted by Crippen LogP contribution is -2.40. The molecular weight excluding hydrogens is 328 g/mol. The van der Waals surface area contributed by atoms with Gasteiger partial charge in [-0.1, -0.05) is 17.7 Å². The van der Waals surface area contributed by atoms with Crippen LogP contribution >= 0.6 is 0 Å². The third-order valence-electron chi connectivity index (χ3n) is 4.47. The Kier molecular flexibility index (Phi) is 5.85. The molecule has 1 unspecified atom stereocenters. The number of carbonyl (C=O) groups excluding carboxylic acids is 1. The van der Waals surface area contributed by atoms with Crippen LogP contribution in [-0.4, -0.2) is 42.0 Å². The van der Waals surface area contributed by atoms with Crippen molar-refractivity contribution in [3.63, 3.8) is 0 Å². The minimum absolute atomic E-state index is 0.102. The Labute approximate surface area is 154 Å². The van der Waals surface area contributed by atoms with E-state index in [1.54, 1.807) is 0 Å². The monoisotopic (exact) mass is 354 g/mol. The van der Waals surface area contributed by atoms with Crippen LogP contribution in [0.3, 0.4) is 0 Å². The van der Waals surface area contributed by atoms with Gasteiger partial charge >= 0.3 is 0 Å². The summed E-state index contributed by atoms with van der Waals surface area (Å²) in [5.74, 6) is -0.272. The average Bonchev–Trinajstić information content (AvgIpc) is 2.62. The predicted octanol–water partition coefficient (Wildman–Crippen LogP) is 2.69. The van der Waals surface area contributed by atoms with E-state index in [9.17, 15) is 4.79 Å². The highest BCUT2D eigenvalue weighted by Gasteiger charge is 2.23. The van der Waals surface area contributed by atoms with Crippen LogP contribution in [0.15, 0.2) is 36.4 Å². The molecule has 2 aromatic rings. The van der Waals surface area contributed by atoms with Crippen molar-refractivity contribution in [3.05, 3.63) is 53.3 Å². The zero-order valence-electron chi connectivity index (χ0n) is 15.4. The van der Waals surface area contributed by atoms with Gasteiger partial charge in [0.2, 0.25) is 5.91 Å². The smallest absolute Gasteiger partial charge is 0.218 e. The van der Waals surface area contributed by atoms with Crippen molar-refractivity contribution < 1.29 is 9.53 Å². The Morgan fingerprint density at radius 1 is 1.27 bits per heavy atom. The second kappa shape index (κ2) is 8.29. The lowest BCUT2D eigenvalue weighted by atomic mass is 10.1. The van der Waals surface area contributed by atoms with E-state index >= 15 is 0 Å². The van der Waals surface area contributed by atoms with E-state index < -0.39 is 0 Å². The Morgan fingerprint density at radius 3 is 2.77 bits per heavy atom. The first-order valence-electron chi connectivity index (χ1n) is 8.94. The molecule has 26 heavy (non-hydrogen) atoms. The number of primary amides is 1. The van der Waals surface area contributed by atoms with Crippen molar-refractivity contribution in [1.82, 2.24) is 9.88 Å². The molecule has 3 N–H and O–H groups in total. The summed E-state index contributed by atoms with van der Waals surface area (Å²) in [5, 5.41) is 3.43. The van der Waals surface area contributed by atoms with Crippen molar-refractivity contribution in [3.8, 4) is 0 Å². The Hall–Kier alpha value is -2.44. The van der Waals surface area contributed by atoms with Crippen LogP contribution in [0.2, 0.25) is 0 Å². The number of nitrogens with two attached hydrogens (primary N) is 1. The summed E-state index contributed by atoms with van der Waals surface area (Å²) in [6, 6.07) is 12.4. The summed E-state index contributed by atoms with van der Waals surface area (Å²) in [7, 11) is 0. The van der Waals surface area contributed by atoms with Crippen molar-refractivity contribution in [1.29, 1.82) is 0 Å². The Morgan fingerprint density at radius 2 is 2.04 bits per heavy atom. The molecular formula is C20H26N4O2. The molecule has 1 saturated heterocycles. The summed E-state index contributed by atoms with van der Waals surface area (Å²) in [6.45, 7) is 6.87. The number of rotatable bonds is 6. The molecule has 1 aliphatic rings. The van der Waals surface area contributed by atoms with Crippen LogP contribution in [0.4, 0.5) is 11.4 Å². The van der Waals surface area contributed by atoms with Crippen molar-refractivity contribution >= 4 is 17.3 Å². The van der Waals surface area contributed by atoms with Gasteiger partial charge in [0.1, 0.15) is 6.10 Å². The first-order valence-corrected chi connectivity index (χ1v) is 8.94. The Bertz CT molecular complexity index is 761. The molecule has 0 bridgehead atoms. The largest absolute Gasteiger partial charge is 0.370 e. The van der Waals surface area contributed by atoms with E-state index in [2.05, 4.69) is 46.4 Å². The minimum Gasteiger partial charge on any atom is -0.370 e. The number of pyridine rings is 1. The first kappa shape index (κ1) is 18.4. The van der Waals surface area contributed by atoms with Gasteiger partial charge in [-0.05, 0) is 38.1 Å². The van der Waals surface area contributed by atoms with Gasteiger partial charge in [-0.2, -0.15) is 0 Å². The molecule has 0 radical (unpaired) electrons. The van der Waals surface area contributed by atoms with Gasteiger partial charge in [0, 0.05) is 43.1 Å². The molecule has 1 aromatic carbocycles. The number of nitrogens with one attached hydrogen (secondary N) is 1. The fourth-order valence-electron chi connectivity index (χ4n) is 3.09. The number of amides is 1. The molecule has 3 rings (SSSR count). The van der Waals surface area contributed by atoms with Gasteiger partial charge in [0.05, 0.1) is 12.3 Å².